The first-order valence-electron chi connectivity index (χ1n) is 7.65. The number of carbonyl (C=O) groups excluding carboxylic acids is 2. The first-order valence-corrected chi connectivity index (χ1v) is 8.03. The third-order valence-electron chi connectivity index (χ3n) is 3.32. The largest absolute Gasteiger partial charge is 0.356 e. The van der Waals surface area contributed by atoms with E-state index in [4.69, 9.17) is 11.6 Å². The van der Waals surface area contributed by atoms with E-state index in [1.165, 1.54) is 6.92 Å². The second kappa shape index (κ2) is 9.46. The van der Waals surface area contributed by atoms with Crippen LogP contribution in [0.5, 0.6) is 0 Å². The van der Waals surface area contributed by atoms with Crippen LogP contribution < -0.4 is 5.32 Å². The van der Waals surface area contributed by atoms with Crippen molar-refractivity contribution in [2.75, 3.05) is 19.6 Å². The zero-order valence-electron chi connectivity index (χ0n) is 13.6. The average Bonchev–Trinajstić information content (AvgIpc) is 2.44. The minimum absolute atomic E-state index is 0.0114. The molecule has 122 valence electrons. The average molecular weight is 325 g/mol. The van der Waals surface area contributed by atoms with Crippen LogP contribution in [0.4, 0.5) is 0 Å². The summed E-state index contributed by atoms with van der Waals surface area (Å²) in [6, 6.07) is 7.61. The number of carbonyl (C=O) groups is 2. The van der Waals surface area contributed by atoms with Crippen LogP contribution in [0.25, 0.3) is 0 Å². The molecule has 0 saturated heterocycles. The fourth-order valence-electron chi connectivity index (χ4n) is 2.03. The molecule has 0 bridgehead atoms. The molecule has 1 aromatic rings. The smallest absolute Gasteiger partial charge is 0.221 e. The van der Waals surface area contributed by atoms with Gasteiger partial charge in [0, 0.05) is 38.0 Å². The van der Waals surface area contributed by atoms with Gasteiger partial charge in [0.05, 0.1) is 0 Å². The molecule has 0 heterocycles. The lowest BCUT2D eigenvalue weighted by Crippen LogP contribution is -2.36. The summed E-state index contributed by atoms with van der Waals surface area (Å²) in [5, 5.41) is 3.56. The van der Waals surface area contributed by atoms with Crippen LogP contribution in [-0.2, 0) is 16.0 Å². The molecule has 22 heavy (non-hydrogen) atoms. The lowest BCUT2D eigenvalue weighted by Gasteiger charge is -2.21. The molecule has 0 aliphatic carbocycles. The highest BCUT2D eigenvalue weighted by atomic mass is 35.5. The predicted molar refractivity (Wildman–Crippen MR) is 89.9 cm³/mol. The van der Waals surface area contributed by atoms with E-state index in [2.05, 4.69) is 5.32 Å². The van der Waals surface area contributed by atoms with Gasteiger partial charge in [-0.2, -0.15) is 0 Å². The van der Waals surface area contributed by atoms with E-state index in [1.54, 1.807) is 4.90 Å². The number of rotatable bonds is 8. The summed E-state index contributed by atoms with van der Waals surface area (Å²) in [6.07, 6.45) is 1.07. The van der Waals surface area contributed by atoms with Gasteiger partial charge >= 0.3 is 0 Å². The lowest BCUT2D eigenvalue weighted by molar-refractivity contribution is -0.129. The maximum atomic E-state index is 11.7. The van der Waals surface area contributed by atoms with Crippen molar-refractivity contribution in [1.29, 1.82) is 0 Å². The first-order chi connectivity index (χ1) is 10.4. The maximum absolute atomic E-state index is 11.7. The summed E-state index contributed by atoms with van der Waals surface area (Å²) >= 11 is 5.95. The highest BCUT2D eigenvalue weighted by Gasteiger charge is 2.11. The Bertz CT molecular complexity index is 503. The Hall–Kier alpha value is -1.55. The lowest BCUT2D eigenvalue weighted by atomic mass is 10.1. The Labute approximate surface area is 137 Å². The number of hydrogen-bond acceptors (Lipinski definition) is 2. The fourth-order valence-corrected chi connectivity index (χ4v) is 2.24. The number of nitrogens with zero attached hydrogens (tertiary/aromatic N) is 1. The Kier molecular flexibility index (Phi) is 7.96. The van der Waals surface area contributed by atoms with Crippen molar-refractivity contribution in [2.24, 2.45) is 5.92 Å². The second-order valence-electron chi connectivity index (χ2n) is 5.83. The minimum atomic E-state index is -0.0151. The number of halogens is 1. The van der Waals surface area contributed by atoms with E-state index in [9.17, 15) is 9.59 Å². The summed E-state index contributed by atoms with van der Waals surface area (Å²) in [5.41, 5.74) is 1.09. The molecule has 0 radical (unpaired) electrons. The van der Waals surface area contributed by atoms with Crippen LogP contribution in [0.1, 0.15) is 32.8 Å². The van der Waals surface area contributed by atoms with Gasteiger partial charge < -0.3 is 10.2 Å². The van der Waals surface area contributed by atoms with Gasteiger partial charge in [-0.05, 0) is 30.0 Å². The molecule has 0 spiro atoms. The summed E-state index contributed by atoms with van der Waals surface area (Å²) in [6.45, 7) is 7.33. The molecule has 5 heteroatoms. The standard InChI is InChI=1S/C17H25ClN2O2/c1-13(2)12-19-17(22)8-10-20(14(3)21)9-7-15-5-4-6-16(18)11-15/h4-6,11,13H,7-10,12H2,1-3H3,(H,19,22). The SMILES string of the molecule is CC(=O)N(CCC(=O)NCC(C)C)CCc1cccc(Cl)c1. The molecular formula is C17H25ClN2O2. The third-order valence-corrected chi connectivity index (χ3v) is 3.56. The van der Waals surface area contributed by atoms with E-state index in [0.717, 1.165) is 12.0 Å². The van der Waals surface area contributed by atoms with Crippen LogP contribution >= 0.6 is 11.6 Å². The van der Waals surface area contributed by atoms with E-state index in [-0.39, 0.29) is 11.8 Å². The minimum Gasteiger partial charge on any atom is -0.356 e. The molecule has 2 amide bonds. The topological polar surface area (TPSA) is 49.4 Å². The van der Waals surface area contributed by atoms with Crippen molar-refractivity contribution >= 4 is 23.4 Å². The Morgan fingerprint density at radius 3 is 2.59 bits per heavy atom. The summed E-state index contributed by atoms with van der Waals surface area (Å²) < 4.78 is 0. The van der Waals surface area contributed by atoms with Crippen molar-refractivity contribution in [1.82, 2.24) is 10.2 Å². The molecule has 0 fully saturated rings. The summed E-state index contributed by atoms with van der Waals surface area (Å²) in [4.78, 5) is 25.1. The number of hydrogen-bond donors (Lipinski definition) is 1. The van der Waals surface area contributed by atoms with Gasteiger partial charge in [-0.1, -0.05) is 37.6 Å². The zero-order valence-corrected chi connectivity index (χ0v) is 14.3. The number of benzene rings is 1. The monoisotopic (exact) mass is 324 g/mol. The molecule has 1 rings (SSSR count). The number of nitrogens with one attached hydrogen (secondary N) is 1. The highest BCUT2D eigenvalue weighted by Crippen LogP contribution is 2.11. The Balaban J connectivity index is 2.42. The van der Waals surface area contributed by atoms with Gasteiger partial charge in [-0.3, -0.25) is 9.59 Å². The fraction of sp³-hybridized carbons (Fsp3) is 0.529. The molecule has 1 N–H and O–H groups in total. The predicted octanol–water partition coefficient (Wildman–Crippen LogP) is 2.89. The van der Waals surface area contributed by atoms with Crippen molar-refractivity contribution in [3.05, 3.63) is 34.9 Å². The van der Waals surface area contributed by atoms with E-state index in [0.29, 0.717) is 37.0 Å². The molecule has 1 aromatic carbocycles. The van der Waals surface area contributed by atoms with Gasteiger partial charge in [-0.15, -0.1) is 0 Å². The molecule has 0 aliphatic heterocycles. The molecule has 0 aromatic heterocycles. The summed E-state index contributed by atoms with van der Waals surface area (Å²) in [7, 11) is 0. The van der Waals surface area contributed by atoms with Gasteiger partial charge in [-0.25, -0.2) is 0 Å². The van der Waals surface area contributed by atoms with E-state index < -0.39 is 0 Å². The Morgan fingerprint density at radius 1 is 1.27 bits per heavy atom. The van der Waals surface area contributed by atoms with Crippen molar-refractivity contribution < 1.29 is 9.59 Å². The summed E-state index contributed by atoms with van der Waals surface area (Å²) in [5.74, 6) is 0.400. The van der Waals surface area contributed by atoms with Crippen molar-refractivity contribution in [3.8, 4) is 0 Å². The maximum Gasteiger partial charge on any atom is 0.221 e. The van der Waals surface area contributed by atoms with Gasteiger partial charge in [0.1, 0.15) is 0 Å². The van der Waals surface area contributed by atoms with Gasteiger partial charge in [0.2, 0.25) is 11.8 Å². The van der Waals surface area contributed by atoms with Crippen LogP contribution in [0.2, 0.25) is 5.02 Å². The van der Waals surface area contributed by atoms with E-state index >= 15 is 0 Å². The van der Waals surface area contributed by atoms with E-state index in [1.807, 2.05) is 38.1 Å². The van der Waals surface area contributed by atoms with Crippen molar-refractivity contribution in [2.45, 2.75) is 33.6 Å². The van der Waals surface area contributed by atoms with Crippen LogP contribution in [0.3, 0.4) is 0 Å². The van der Waals surface area contributed by atoms with Crippen LogP contribution in [0.15, 0.2) is 24.3 Å². The highest BCUT2D eigenvalue weighted by molar-refractivity contribution is 6.30. The Morgan fingerprint density at radius 2 is 2.00 bits per heavy atom. The molecule has 4 nitrogen and oxygen atoms in total. The zero-order chi connectivity index (χ0) is 16.5. The van der Waals surface area contributed by atoms with Gasteiger partial charge in [0.15, 0.2) is 0 Å². The molecule has 0 aliphatic rings. The van der Waals surface area contributed by atoms with Crippen molar-refractivity contribution in [3.63, 3.8) is 0 Å². The first kappa shape index (κ1) is 18.5. The quantitative estimate of drug-likeness (QED) is 0.799. The molecule has 0 atom stereocenters. The van der Waals surface area contributed by atoms with Crippen LogP contribution in [-0.4, -0.2) is 36.3 Å². The van der Waals surface area contributed by atoms with Gasteiger partial charge in [0.25, 0.3) is 0 Å². The molecule has 0 saturated carbocycles. The number of amides is 2. The second-order valence-corrected chi connectivity index (χ2v) is 6.27. The normalized spacial score (nSPS) is 10.6. The third kappa shape index (κ3) is 7.46. The van der Waals surface area contributed by atoms with Crippen LogP contribution in [0, 0.1) is 5.92 Å². The molecular weight excluding hydrogens is 300 g/mol. The molecule has 0 unspecified atom stereocenters.